The molecule has 0 unspecified atom stereocenters. The maximum atomic E-state index is 8.38. The summed E-state index contributed by atoms with van der Waals surface area (Å²) in [5, 5.41) is 0. The summed E-state index contributed by atoms with van der Waals surface area (Å²) in [6.45, 7) is 4.26. The van der Waals surface area contributed by atoms with Gasteiger partial charge in [0.2, 0.25) is 0 Å². The van der Waals surface area contributed by atoms with Gasteiger partial charge in [0.05, 0.1) is 0 Å². The average molecular weight is 144 g/mol. The molecule has 1 nitrogen and oxygen atoms in total. The predicted molar refractivity (Wildman–Crippen MR) is 31.5 cm³/mol. The van der Waals surface area contributed by atoms with E-state index in [0.29, 0.717) is 5.92 Å². The van der Waals surface area contributed by atoms with Crippen molar-refractivity contribution in [3.8, 4) is 0 Å². The Morgan fingerprint density at radius 3 is 2.14 bits per heavy atom. The first-order valence-corrected chi connectivity index (χ1v) is 4.01. The topological polar surface area (TPSA) is 20.2 Å². The third-order valence-electron chi connectivity index (χ3n) is 0.706. The molecule has 0 aromatic rings. The van der Waals surface area contributed by atoms with Gasteiger partial charge in [0.15, 0.2) is 9.76 Å². The molecule has 0 saturated heterocycles. The molecule has 0 atom stereocenters. The average Bonchev–Trinajstić information content (AvgIpc) is 1.35. The summed E-state index contributed by atoms with van der Waals surface area (Å²) >= 11 is 0. The molecule has 0 aliphatic carbocycles. The Morgan fingerprint density at radius 2 is 2.14 bits per heavy atom. The van der Waals surface area contributed by atoms with Crippen molar-refractivity contribution in [3.05, 3.63) is 0 Å². The predicted octanol–water partition coefficient (Wildman–Crippen LogP) is -2.75. The van der Waals surface area contributed by atoms with E-state index in [1.807, 2.05) is 0 Å². The smallest absolute Gasteiger partial charge is 1.00 e. The molecule has 40 valence electrons. The fourth-order valence-corrected chi connectivity index (χ4v) is 0.775. The van der Waals surface area contributed by atoms with E-state index < -0.39 is 9.76 Å². The van der Waals surface area contributed by atoms with Gasteiger partial charge in [-0.2, -0.15) is 0 Å². The van der Waals surface area contributed by atoms with E-state index in [1.54, 1.807) is 0 Å². The van der Waals surface area contributed by atoms with Gasteiger partial charge < -0.3 is 6.22 Å². The second kappa shape index (κ2) is 7.81. The molecule has 0 heterocycles. The van der Waals surface area contributed by atoms with Crippen LogP contribution in [0, 0.1) is 5.92 Å². The van der Waals surface area contributed by atoms with E-state index >= 15 is 0 Å². The second-order valence-electron chi connectivity index (χ2n) is 1.91. The molecule has 0 amide bonds. The van der Waals surface area contributed by atoms with Crippen LogP contribution in [0.5, 0.6) is 0 Å². The summed E-state index contributed by atoms with van der Waals surface area (Å²) in [5.41, 5.74) is 0. The van der Waals surface area contributed by atoms with Crippen molar-refractivity contribution in [2.45, 2.75) is 19.9 Å². The van der Waals surface area contributed by atoms with Crippen LogP contribution in [0.25, 0.3) is 0 Å². The molecule has 0 spiro atoms. The van der Waals surface area contributed by atoms with Crippen LogP contribution in [0.3, 0.4) is 0 Å². The maximum absolute atomic E-state index is 8.38. The van der Waals surface area contributed by atoms with Crippen molar-refractivity contribution in [1.29, 1.82) is 0 Å². The summed E-state index contributed by atoms with van der Waals surface area (Å²) in [7, 11) is -0.633. The first-order chi connectivity index (χ1) is 2.77. The van der Waals surface area contributed by atoms with Crippen LogP contribution in [0.4, 0.5) is 0 Å². The van der Waals surface area contributed by atoms with Crippen molar-refractivity contribution in [2.24, 2.45) is 5.92 Å². The van der Waals surface area contributed by atoms with Crippen molar-refractivity contribution in [3.63, 3.8) is 0 Å². The van der Waals surface area contributed by atoms with E-state index in [1.165, 1.54) is 0 Å². The number of hydrogen-bond donors (Lipinski definition) is 1. The Labute approximate surface area is 91.7 Å². The first kappa shape index (κ1) is 11.6. The van der Waals surface area contributed by atoms with Crippen molar-refractivity contribution < 1.29 is 57.6 Å². The van der Waals surface area contributed by atoms with Gasteiger partial charge in [0, 0.05) is 0 Å². The third-order valence-corrected chi connectivity index (χ3v) is 2.12. The van der Waals surface area contributed by atoms with E-state index in [4.69, 9.17) is 4.80 Å². The van der Waals surface area contributed by atoms with Gasteiger partial charge in [-0.1, -0.05) is 13.8 Å². The SMILES string of the molecule is CC(C)C[SiH2]O.[H-].[K+]. The molecular weight excluding hydrogens is 131 g/mol. The molecular formula is C4H13KOSi. The van der Waals surface area contributed by atoms with Crippen LogP contribution in [-0.2, 0) is 0 Å². The van der Waals surface area contributed by atoms with Crippen molar-refractivity contribution in [2.75, 3.05) is 0 Å². The monoisotopic (exact) mass is 144 g/mol. The second-order valence-corrected chi connectivity index (χ2v) is 2.93. The molecule has 0 aromatic heterocycles. The minimum absolute atomic E-state index is 0. The zero-order valence-corrected chi connectivity index (χ0v) is 9.98. The summed E-state index contributed by atoms with van der Waals surface area (Å²) in [4.78, 5) is 8.38. The zero-order valence-electron chi connectivity index (χ0n) is 6.44. The minimum Gasteiger partial charge on any atom is -1.00 e. The van der Waals surface area contributed by atoms with Crippen LogP contribution >= 0.6 is 0 Å². The first-order valence-electron chi connectivity index (χ1n) is 2.38. The number of hydrogen-bond acceptors (Lipinski definition) is 1. The van der Waals surface area contributed by atoms with Crippen LogP contribution < -0.4 is 51.4 Å². The van der Waals surface area contributed by atoms with Crippen LogP contribution in [-0.4, -0.2) is 14.6 Å². The maximum Gasteiger partial charge on any atom is 1.00 e. The molecule has 0 rings (SSSR count). The Balaban J connectivity index is -0.000000125. The van der Waals surface area contributed by atoms with Crippen LogP contribution in [0.2, 0.25) is 6.04 Å². The van der Waals surface area contributed by atoms with E-state index in [9.17, 15) is 0 Å². The van der Waals surface area contributed by atoms with Gasteiger partial charge in [-0.15, -0.1) is 0 Å². The summed E-state index contributed by atoms with van der Waals surface area (Å²) in [6, 6.07) is 1.07. The van der Waals surface area contributed by atoms with Crippen LogP contribution in [0.1, 0.15) is 15.3 Å². The van der Waals surface area contributed by atoms with Crippen molar-refractivity contribution in [1.82, 2.24) is 0 Å². The molecule has 0 aliphatic heterocycles. The van der Waals surface area contributed by atoms with Gasteiger partial charge in [0.1, 0.15) is 0 Å². The van der Waals surface area contributed by atoms with Crippen LogP contribution in [0.15, 0.2) is 0 Å². The standard InChI is InChI=1S/C4H12OSi.K.H/c1-4(2)3-6-5;;/h4-5H,3,6H2,1-2H3;;/q;+1;-1. The number of rotatable bonds is 2. The molecule has 0 bridgehead atoms. The fraction of sp³-hybridized carbons (Fsp3) is 1.00. The molecule has 0 saturated carbocycles. The van der Waals surface area contributed by atoms with Gasteiger partial charge in [-0.05, 0) is 12.0 Å². The third kappa shape index (κ3) is 11.4. The van der Waals surface area contributed by atoms with Gasteiger partial charge in [0.25, 0.3) is 0 Å². The molecule has 0 aromatic carbocycles. The molecule has 1 N–H and O–H groups in total. The molecule has 0 aliphatic rings. The summed E-state index contributed by atoms with van der Waals surface area (Å²) in [5.74, 6) is 0.710. The van der Waals surface area contributed by atoms with E-state index in [0.717, 1.165) is 6.04 Å². The Bertz CT molecular complexity index is 37.2. The van der Waals surface area contributed by atoms with E-state index in [-0.39, 0.29) is 52.8 Å². The fourth-order valence-electron chi connectivity index (χ4n) is 0.258. The zero-order chi connectivity index (χ0) is 4.99. The van der Waals surface area contributed by atoms with Gasteiger partial charge in [-0.25, -0.2) is 0 Å². The minimum atomic E-state index is -0.633. The Hall–Kier alpha value is 1.81. The molecule has 0 fully saturated rings. The largest absolute Gasteiger partial charge is 1.00 e. The van der Waals surface area contributed by atoms with Gasteiger partial charge in [-0.3, -0.25) is 0 Å². The molecule has 7 heavy (non-hydrogen) atoms. The van der Waals surface area contributed by atoms with E-state index in [2.05, 4.69) is 13.8 Å². The molecule has 0 radical (unpaired) electrons. The normalized spacial score (nSPS) is 10.3. The van der Waals surface area contributed by atoms with Gasteiger partial charge >= 0.3 is 51.4 Å². The summed E-state index contributed by atoms with van der Waals surface area (Å²) in [6.07, 6.45) is 0. The summed E-state index contributed by atoms with van der Waals surface area (Å²) < 4.78 is 0. The Morgan fingerprint density at radius 1 is 1.71 bits per heavy atom. The van der Waals surface area contributed by atoms with Crippen molar-refractivity contribution >= 4 is 9.76 Å². The molecule has 3 heteroatoms. The quantitative estimate of drug-likeness (QED) is 0.417. The Kier molecular flexibility index (Phi) is 12.9.